The van der Waals surface area contributed by atoms with E-state index in [0.29, 0.717) is 0 Å². The highest BCUT2D eigenvalue weighted by Gasteiger charge is 2.57. The summed E-state index contributed by atoms with van der Waals surface area (Å²) in [5, 5.41) is 0. The fraction of sp³-hybridized carbons (Fsp3) is 0.536. The summed E-state index contributed by atoms with van der Waals surface area (Å²) in [5.74, 6) is 1.65. The van der Waals surface area contributed by atoms with Crippen molar-refractivity contribution in [3.8, 4) is 11.5 Å². The Balaban J connectivity index is 1.76. The van der Waals surface area contributed by atoms with Crippen LogP contribution >= 0.6 is 0 Å². The third kappa shape index (κ3) is 4.51. The van der Waals surface area contributed by atoms with Crippen LogP contribution in [0.5, 0.6) is 11.5 Å². The van der Waals surface area contributed by atoms with E-state index in [0.717, 1.165) is 48.3 Å². The molecule has 2 atom stereocenters. The smallest absolute Gasteiger partial charge is 0.310 e. The Morgan fingerprint density at radius 2 is 1.19 bits per heavy atom. The quantitative estimate of drug-likeness (QED) is 0.504. The molecule has 0 spiro atoms. The SMILES string of the molecule is CC(C)(C)Oc1ccc(C2(c3ccc(OC(C)(C)C)cc3)OC(=O)C3CCCCC32)cc1. The van der Waals surface area contributed by atoms with E-state index in [4.69, 9.17) is 14.2 Å². The van der Waals surface area contributed by atoms with E-state index in [1.54, 1.807) is 0 Å². The summed E-state index contributed by atoms with van der Waals surface area (Å²) in [6.07, 6.45) is 4.09. The third-order valence-electron chi connectivity index (χ3n) is 6.27. The van der Waals surface area contributed by atoms with Crippen molar-refractivity contribution < 1.29 is 19.0 Å². The number of fused-ring (bicyclic) bond motifs is 1. The molecule has 1 saturated heterocycles. The predicted octanol–water partition coefficient (Wildman–Crippen LogP) is 6.65. The normalized spacial score (nSPS) is 22.8. The number of benzene rings is 2. The summed E-state index contributed by atoms with van der Waals surface area (Å²) in [5.41, 5.74) is 0.701. The van der Waals surface area contributed by atoms with Gasteiger partial charge in [0, 0.05) is 17.0 Å². The molecule has 0 N–H and O–H groups in total. The molecule has 0 bridgehead atoms. The van der Waals surface area contributed by atoms with Crippen molar-refractivity contribution in [1.29, 1.82) is 0 Å². The second-order valence-electron chi connectivity index (χ2n) is 11.1. The maximum atomic E-state index is 13.0. The number of carbonyl (C=O) groups is 1. The maximum absolute atomic E-state index is 13.0. The van der Waals surface area contributed by atoms with E-state index in [-0.39, 0.29) is 29.0 Å². The van der Waals surface area contributed by atoms with Gasteiger partial charge in [-0.2, -0.15) is 0 Å². The first-order valence-corrected chi connectivity index (χ1v) is 11.8. The number of esters is 1. The Kier molecular flexibility index (Phi) is 5.77. The summed E-state index contributed by atoms with van der Waals surface area (Å²) in [6.45, 7) is 12.2. The van der Waals surface area contributed by atoms with Crippen LogP contribution in [0.15, 0.2) is 48.5 Å². The summed E-state index contributed by atoms with van der Waals surface area (Å²) in [7, 11) is 0. The highest BCUT2D eigenvalue weighted by molar-refractivity contribution is 5.78. The van der Waals surface area contributed by atoms with Crippen LogP contribution < -0.4 is 9.47 Å². The number of cyclic esters (lactones) is 1. The van der Waals surface area contributed by atoms with E-state index in [2.05, 4.69) is 24.3 Å². The van der Waals surface area contributed by atoms with Gasteiger partial charge in [0.25, 0.3) is 0 Å². The van der Waals surface area contributed by atoms with Gasteiger partial charge < -0.3 is 14.2 Å². The minimum atomic E-state index is -0.775. The van der Waals surface area contributed by atoms with E-state index < -0.39 is 5.60 Å². The Morgan fingerprint density at radius 1 is 0.750 bits per heavy atom. The zero-order chi connectivity index (χ0) is 23.1. The maximum Gasteiger partial charge on any atom is 0.310 e. The molecule has 172 valence electrons. The molecule has 2 aliphatic rings. The number of hydrogen-bond donors (Lipinski definition) is 0. The molecule has 2 unspecified atom stereocenters. The standard InChI is InChI=1S/C28H36O4/c1-26(2,3)30-21-15-11-19(12-16-21)28(24-10-8-7-9-23(24)25(29)32-28)20-13-17-22(18-14-20)31-27(4,5)6/h11-18,23-24H,7-10H2,1-6H3. The molecule has 4 heteroatoms. The molecule has 2 aromatic rings. The van der Waals surface area contributed by atoms with Crippen molar-refractivity contribution >= 4 is 5.97 Å². The Labute approximate surface area is 192 Å². The van der Waals surface area contributed by atoms with Gasteiger partial charge >= 0.3 is 5.97 Å². The van der Waals surface area contributed by atoms with Gasteiger partial charge in [-0.3, -0.25) is 4.79 Å². The van der Waals surface area contributed by atoms with Crippen LogP contribution in [0.3, 0.4) is 0 Å². The van der Waals surface area contributed by atoms with Crippen LogP contribution in [0.25, 0.3) is 0 Å². The molecule has 1 saturated carbocycles. The fourth-order valence-electron chi connectivity index (χ4n) is 5.17. The zero-order valence-corrected chi connectivity index (χ0v) is 20.2. The van der Waals surface area contributed by atoms with Gasteiger partial charge in [-0.1, -0.05) is 37.1 Å². The van der Waals surface area contributed by atoms with Gasteiger partial charge in [-0.05, 0) is 78.6 Å². The summed E-state index contributed by atoms with van der Waals surface area (Å²) in [4.78, 5) is 13.0. The van der Waals surface area contributed by atoms with Crippen LogP contribution in [0, 0.1) is 11.8 Å². The minimum absolute atomic E-state index is 0.0419. The molecular formula is C28H36O4. The first-order chi connectivity index (χ1) is 15.0. The second-order valence-corrected chi connectivity index (χ2v) is 11.1. The van der Waals surface area contributed by atoms with Crippen molar-refractivity contribution in [3.63, 3.8) is 0 Å². The lowest BCUT2D eigenvalue weighted by Gasteiger charge is -2.37. The molecule has 0 amide bonds. The molecule has 1 heterocycles. The van der Waals surface area contributed by atoms with E-state index in [1.165, 1.54) is 0 Å². The van der Waals surface area contributed by atoms with Gasteiger partial charge in [0.15, 0.2) is 5.60 Å². The van der Waals surface area contributed by atoms with Crippen molar-refractivity contribution in [2.45, 2.75) is 84.0 Å². The van der Waals surface area contributed by atoms with Gasteiger partial charge in [-0.25, -0.2) is 0 Å². The molecule has 4 nitrogen and oxygen atoms in total. The lowest BCUT2D eigenvalue weighted by Crippen LogP contribution is -2.37. The van der Waals surface area contributed by atoms with Crippen LogP contribution in [0.4, 0.5) is 0 Å². The van der Waals surface area contributed by atoms with Crippen molar-refractivity contribution in [1.82, 2.24) is 0 Å². The average Bonchev–Trinajstić information content (AvgIpc) is 3.01. The molecule has 1 aliphatic heterocycles. The summed E-state index contributed by atoms with van der Waals surface area (Å²) >= 11 is 0. The topological polar surface area (TPSA) is 44.8 Å². The van der Waals surface area contributed by atoms with Crippen LogP contribution in [0.1, 0.15) is 78.4 Å². The van der Waals surface area contributed by atoms with Crippen molar-refractivity contribution in [2.24, 2.45) is 11.8 Å². The first kappa shape index (κ1) is 22.7. The molecule has 4 rings (SSSR count). The second kappa shape index (κ2) is 8.13. The molecule has 2 fully saturated rings. The molecule has 2 aromatic carbocycles. The molecule has 32 heavy (non-hydrogen) atoms. The number of hydrogen-bond acceptors (Lipinski definition) is 4. The first-order valence-electron chi connectivity index (χ1n) is 11.8. The lowest BCUT2D eigenvalue weighted by atomic mass is 9.67. The van der Waals surface area contributed by atoms with E-state index in [1.807, 2.05) is 65.8 Å². The number of ether oxygens (including phenoxy) is 3. The number of rotatable bonds is 4. The fourth-order valence-corrected chi connectivity index (χ4v) is 5.17. The zero-order valence-electron chi connectivity index (χ0n) is 20.2. The third-order valence-corrected chi connectivity index (χ3v) is 6.27. The Morgan fingerprint density at radius 3 is 1.62 bits per heavy atom. The van der Waals surface area contributed by atoms with Gasteiger partial charge in [0.05, 0.1) is 5.92 Å². The molecule has 0 radical (unpaired) electrons. The average molecular weight is 437 g/mol. The largest absolute Gasteiger partial charge is 0.488 e. The molecule has 1 aliphatic carbocycles. The summed E-state index contributed by atoms with van der Waals surface area (Å²) < 4.78 is 18.4. The van der Waals surface area contributed by atoms with E-state index in [9.17, 15) is 4.79 Å². The number of carbonyl (C=O) groups excluding carboxylic acids is 1. The van der Waals surface area contributed by atoms with Crippen LogP contribution in [-0.2, 0) is 15.1 Å². The van der Waals surface area contributed by atoms with Crippen molar-refractivity contribution in [3.05, 3.63) is 59.7 Å². The lowest BCUT2D eigenvalue weighted by molar-refractivity contribution is -0.149. The monoisotopic (exact) mass is 436 g/mol. The predicted molar refractivity (Wildman–Crippen MR) is 126 cm³/mol. The van der Waals surface area contributed by atoms with Crippen LogP contribution in [-0.4, -0.2) is 17.2 Å². The van der Waals surface area contributed by atoms with Gasteiger partial charge in [0.1, 0.15) is 22.7 Å². The van der Waals surface area contributed by atoms with Crippen molar-refractivity contribution in [2.75, 3.05) is 0 Å². The van der Waals surface area contributed by atoms with E-state index >= 15 is 0 Å². The highest BCUT2D eigenvalue weighted by Crippen LogP contribution is 2.55. The molecule has 0 aromatic heterocycles. The van der Waals surface area contributed by atoms with Gasteiger partial charge in [-0.15, -0.1) is 0 Å². The Bertz CT molecular complexity index is 885. The summed E-state index contributed by atoms with van der Waals surface area (Å²) in [6, 6.07) is 16.2. The molecular weight excluding hydrogens is 400 g/mol. The highest BCUT2D eigenvalue weighted by atomic mass is 16.6. The van der Waals surface area contributed by atoms with Gasteiger partial charge in [0.2, 0.25) is 0 Å². The van der Waals surface area contributed by atoms with Crippen LogP contribution in [0.2, 0.25) is 0 Å². The minimum Gasteiger partial charge on any atom is -0.488 e. The Hall–Kier alpha value is -2.49.